The molecule has 1 atom stereocenters. The molecule has 0 saturated carbocycles. The first-order valence-corrected chi connectivity index (χ1v) is 6.92. The van der Waals surface area contributed by atoms with E-state index >= 15 is 0 Å². The Bertz CT molecular complexity index is 582. The fourth-order valence-electron chi connectivity index (χ4n) is 2.40. The number of para-hydroxylation sites is 1. The van der Waals surface area contributed by atoms with Crippen molar-refractivity contribution in [3.05, 3.63) is 59.2 Å². The van der Waals surface area contributed by atoms with Crippen LogP contribution >= 0.6 is 0 Å². The average molecular weight is 286 g/mol. The molecule has 2 aromatic carbocycles. The maximum Gasteiger partial charge on any atom is 0.165 e. The minimum Gasteiger partial charge on any atom is -0.493 e. The second kappa shape index (κ2) is 7.11. The van der Waals surface area contributed by atoms with Crippen LogP contribution in [-0.4, -0.2) is 14.2 Å². The van der Waals surface area contributed by atoms with E-state index in [-0.39, 0.29) is 6.04 Å². The molecule has 2 rings (SSSR count). The minimum atomic E-state index is -0.0437. The van der Waals surface area contributed by atoms with E-state index in [2.05, 4.69) is 36.6 Å². The Morgan fingerprint density at radius 1 is 1.05 bits per heavy atom. The van der Waals surface area contributed by atoms with Crippen LogP contribution < -0.4 is 20.7 Å². The third-order valence-electron chi connectivity index (χ3n) is 3.57. The number of nitrogens with two attached hydrogens (primary N) is 1. The van der Waals surface area contributed by atoms with Crippen LogP contribution in [0.25, 0.3) is 0 Å². The fraction of sp³-hybridized carbons (Fsp3) is 0.294. The molecule has 4 nitrogen and oxygen atoms in total. The second-order valence-corrected chi connectivity index (χ2v) is 4.99. The molecule has 0 amide bonds. The lowest BCUT2D eigenvalue weighted by atomic mass is 9.97. The highest BCUT2D eigenvalue weighted by atomic mass is 16.5. The highest BCUT2D eigenvalue weighted by molar-refractivity contribution is 5.48. The molecule has 2 aromatic rings. The number of aryl methyl sites for hydroxylation is 1. The third kappa shape index (κ3) is 3.54. The zero-order valence-corrected chi connectivity index (χ0v) is 12.7. The Hall–Kier alpha value is -2.04. The number of methoxy groups -OCH3 is 2. The van der Waals surface area contributed by atoms with Gasteiger partial charge >= 0.3 is 0 Å². The molecule has 0 aromatic heterocycles. The monoisotopic (exact) mass is 286 g/mol. The standard InChI is InChI=1S/C17H22N2O2/c1-12-7-9-13(10-8-12)11-15(19-18)14-5-4-6-16(20-2)17(14)21-3/h4-10,15,19H,11,18H2,1-3H3. The van der Waals surface area contributed by atoms with Gasteiger partial charge in [-0.25, -0.2) is 0 Å². The molecular formula is C17H22N2O2. The quantitative estimate of drug-likeness (QED) is 0.633. The lowest BCUT2D eigenvalue weighted by Gasteiger charge is -2.20. The van der Waals surface area contributed by atoms with E-state index < -0.39 is 0 Å². The number of hydrogen-bond acceptors (Lipinski definition) is 4. The van der Waals surface area contributed by atoms with E-state index in [0.717, 1.165) is 17.7 Å². The summed E-state index contributed by atoms with van der Waals surface area (Å²) in [6.07, 6.45) is 0.778. The molecule has 0 heterocycles. The number of ether oxygens (including phenoxy) is 2. The highest BCUT2D eigenvalue weighted by Gasteiger charge is 2.18. The van der Waals surface area contributed by atoms with Crippen LogP contribution in [0, 0.1) is 6.92 Å². The molecule has 0 radical (unpaired) electrons. The minimum absolute atomic E-state index is 0.0437. The summed E-state index contributed by atoms with van der Waals surface area (Å²) >= 11 is 0. The molecule has 1 unspecified atom stereocenters. The average Bonchev–Trinajstić information content (AvgIpc) is 2.53. The second-order valence-electron chi connectivity index (χ2n) is 4.99. The van der Waals surface area contributed by atoms with Crippen LogP contribution in [0.15, 0.2) is 42.5 Å². The Labute approximate surface area is 125 Å². The summed E-state index contributed by atoms with van der Waals surface area (Å²) in [6, 6.07) is 14.2. The Morgan fingerprint density at radius 2 is 1.76 bits per heavy atom. The van der Waals surface area contributed by atoms with Gasteiger partial charge in [0.25, 0.3) is 0 Å². The Kier molecular flexibility index (Phi) is 5.20. The molecular weight excluding hydrogens is 264 g/mol. The first-order chi connectivity index (χ1) is 10.2. The van der Waals surface area contributed by atoms with E-state index in [1.807, 2.05) is 18.2 Å². The molecule has 112 valence electrons. The van der Waals surface area contributed by atoms with Crippen molar-refractivity contribution in [1.82, 2.24) is 5.43 Å². The third-order valence-corrected chi connectivity index (χ3v) is 3.57. The SMILES string of the molecule is COc1cccc(C(Cc2ccc(C)cc2)NN)c1OC. The van der Waals surface area contributed by atoms with Crippen molar-refractivity contribution in [2.75, 3.05) is 14.2 Å². The predicted molar refractivity (Wildman–Crippen MR) is 84.5 cm³/mol. The summed E-state index contributed by atoms with van der Waals surface area (Å²) in [6.45, 7) is 2.08. The number of rotatable bonds is 6. The summed E-state index contributed by atoms with van der Waals surface area (Å²) in [5.74, 6) is 7.18. The van der Waals surface area contributed by atoms with Gasteiger partial charge in [-0.15, -0.1) is 0 Å². The predicted octanol–water partition coefficient (Wildman–Crippen LogP) is 2.76. The van der Waals surface area contributed by atoms with Gasteiger partial charge in [-0.3, -0.25) is 11.3 Å². The molecule has 0 spiro atoms. The van der Waals surface area contributed by atoms with Crippen LogP contribution in [0.5, 0.6) is 11.5 Å². The van der Waals surface area contributed by atoms with Crippen molar-refractivity contribution in [3.63, 3.8) is 0 Å². The van der Waals surface area contributed by atoms with Gasteiger partial charge in [0, 0.05) is 5.56 Å². The van der Waals surface area contributed by atoms with Crippen LogP contribution in [0.4, 0.5) is 0 Å². The molecule has 0 fully saturated rings. The van der Waals surface area contributed by atoms with Crippen LogP contribution in [0.1, 0.15) is 22.7 Å². The summed E-state index contributed by atoms with van der Waals surface area (Å²) in [5, 5.41) is 0. The van der Waals surface area contributed by atoms with Gasteiger partial charge < -0.3 is 9.47 Å². The lowest BCUT2D eigenvalue weighted by Crippen LogP contribution is -2.30. The van der Waals surface area contributed by atoms with E-state index in [9.17, 15) is 0 Å². The van der Waals surface area contributed by atoms with E-state index in [1.54, 1.807) is 14.2 Å². The molecule has 0 bridgehead atoms. The first kappa shape index (κ1) is 15.4. The van der Waals surface area contributed by atoms with Gasteiger partial charge in [-0.05, 0) is 25.0 Å². The number of benzene rings is 2. The van der Waals surface area contributed by atoms with Crippen molar-refractivity contribution in [1.29, 1.82) is 0 Å². The number of hydrogen-bond donors (Lipinski definition) is 2. The molecule has 3 N–H and O–H groups in total. The normalized spacial score (nSPS) is 12.0. The van der Waals surface area contributed by atoms with E-state index in [0.29, 0.717) is 5.75 Å². The molecule has 0 aliphatic carbocycles. The summed E-state index contributed by atoms with van der Waals surface area (Å²) in [7, 11) is 3.27. The van der Waals surface area contributed by atoms with Gasteiger partial charge in [-0.2, -0.15) is 0 Å². The van der Waals surface area contributed by atoms with Crippen LogP contribution in [-0.2, 0) is 6.42 Å². The van der Waals surface area contributed by atoms with Crippen molar-refractivity contribution in [3.8, 4) is 11.5 Å². The Morgan fingerprint density at radius 3 is 2.33 bits per heavy atom. The van der Waals surface area contributed by atoms with E-state index in [1.165, 1.54) is 11.1 Å². The zero-order valence-electron chi connectivity index (χ0n) is 12.7. The highest BCUT2D eigenvalue weighted by Crippen LogP contribution is 2.35. The molecule has 0 aliphatic heterocycles. The largest absolute Gasteiger partial charge is 0.493 e. The summed E-state index contributed by atoms with van der Waals surface area (Å²) in [5.41, 5.74) is 6.32. The molecule has 21 heavy (non-hydrogen) atoms. The van der Waals surface area contributed by atoms with Crippen LogP contribution in [0.2, 0.25) is 0 Å². The van der Waals surface area contributed by atoms with Gasteiger partial charge in [0.15, 0.2) is 11.5 Å². The summed E-state index contributed by atoms with van der Waals surface area (Å²) < 4.78 is 10.8. The molecule has 0 aliphatic rings. The smallest absolute Gasteiger partial charge is 0.165 e. The number of hydrazine groups is 1. The summed E-state index contributed by atoms with van der Waals surface area (Å²) in [4.78, 5) is 0. The van der Waals surface area contributed by atoms with Gasteiger partial charge in [-0.1, -0.05) is 42.0 Å². The van der Waals surface area contributed by atoms with Gasteiger partial charge in [0.1, 0.15) is 0 Å². The maximum atomic E-state index is 5.75. The fourth-order valence-corrected chi connectivity index (χ4v) is 2.40. The van der Waals surface area contributed by atoms with Gasteiger partial charge in [0.2, 0.25) is 0 Å². The van der Waals surface area contributed by atoms with Crippen LogP contribution in [0.3, 0.4) is 0 Å². The number of nitrogens with one attached hydrogen (secondary N) is 1. The van der Waals surface area contributed by atoms with Gasteiger partial charge in [0.05, 0.1) is 20.3 Å². The Balaban J connectivity index is 2.31. The topological polar surface area (TPSA) is 56.5 Å². The van der Waals surface area contributed by atoms with Crippen molar-refractivity contribution >= 4 is 0 Å². The van der Waals surface area contributed by atoms with Crippen molar-refractivity contribution in [2.24, 2.45) is 5.84 Å². The lowest BCUT2D eigenvalue weighted by molar-refractivity contribution is 0.346. The zero-order chi connectivity index (χ0) is 15.2. The van der Waals surface area contributed by atoms with E-state index in [4.69, 9.17) is 15.3 Å². The maximum absolute atomic E-state index is 5.75. The molecule has 4 heteroatoms. The van der Waals surface area contributed by atoms with Crippen molar-refractivity contribution in [2.45, 2.75) is 19.4 Å². The first-order valence-electron chi connectivity index (χ1n) is 6.92. The molecule has 0 saturated heterocycles. The van der Waals surface area contributed by atoms with Crippen molar-refractivity contribution < 1.29 is 9.47 Å².